The molecule has 0 saturated carbocycles. The number of aryl methyl sites for hydroxylation is 1. The van der Waals surface area contributed by atoms with Crippen LogP contribution in [0.4, 0.5) is 0 Å². The second kappa shape index (κ2) is 7.68. The van der Waals surface area contributed by atoms with Gasteiger partial charge in [0.1, 0.15) is 0 Å². The van der Waals surface area contributed by atoms with E-state index in [2.05, 4.69) is 9.97 Å². The van der Waals surface area contributed by atoms with Gasteiger partial charge >= 0.3 is 5.69 Å². The molecule has 4 rings (SSSR count). The highest BCUT2D eigenvalue weighted by Gasteiger charge is 2.17. The van der Waals surface area contributed by atoms with E-state index in [1.165, 1.54) is 22.9 Å². The van der Waals surface area contributed by atoms with Gasteiger partial charge in [0.2, 0.25) is 0 Å². The molecule has 0 spiro atoms. The van der Waals surface area contributed by atoms with E-state index in [-0.39, 0.29) is 22.5 Å². The smallest absolute Gasteiger partial charge is 0.268 e. The zero-order valence-electron chi connectivity index (χ0n) is 16.1. The van der Waals surface area contributed by atoms with Gasteiger partial charge in [-0.2, -0.15) is 0 Å². The summed E-state index contributed by atoms with van der Waals surface area (Å²) in [5, 5.41) is 0.267. The monoisotopic (exact) mass is 422 g/mol. The van der Waals surface area contributed by atoms with Crippen LogP contribution < -0.4 is 11.2 Å². The first-order chi connectivity index (χ1) is 14.4. The number of rotatable bonds is 5. The van der Waals surface area contributed by atoms with Crippen molar-refractivity contribution in [3.8, 4) is 5.69 Å². The zero-order chi connectivity index (χ0) is 21.3. The van der Waals surface area contributed by atoms with Crippen LogP contribution in [-0.2, 0) is 22.8 Å². The minimum absolute atomic E-state index is 0.0715. The Morgan fingerprint density at radius 3 is 2.47 bits per heavy atom. The lowest BCUT2D eigenvalue weighted by molar-refractivity contribution is 0.601. The SMILES string of the molecule is CS(=O)(=O)c1cccc(-n2c(=O)n(CCc3ccccn3)c(=O)c3cccnc32)c1. The van der Waals surface area contributed by atoms with Crippen molar-refractivity contribution in [1.82, 2.24) is 19.1 Å². The van der Waals surface area contributed by atoms with Gasteiger partial charge in [0.25, 0.3) is 5.56 Å². The number of fused-ring (bicyclic) bond motifs is 1. The molecule has 9 heteroatoms. The Kier molecular flexibility index (Phi) is 5.04. The second-order valence-electron chi connectivity index (χ2n) is 6.79. The van der Waals surface area contributed by atoms with E-state index >= 15 is 0 Å². The van der Waals surface area contributed by atoms with Gasteiger partial charge < -0.3 is 0 Å². The van der Waals surface area contributed by atoms with E-state index in [1.54, 1.807) is 36.5 Å². The standard InChI is InChI=1S/C21H18N4O4S/c1-30(28,29)17-8-4-7-16(14-17)25-19-18(9-5-12-23-19)20(26)24(21(25)27)13-10-15-6-2-3-11-22-15/h2-9,11-12,14H,10,13H2,1H3. The minimum Gasteiger partial charge on any atom is -0.268 e. The van der Waals surface area contributed by atoms with Crippen molar-refractivity contribution >= 4 is 20.9 Å². The van der Waals surface area contributed by atoms with Crippen LogP contribution in [0, 0.1) is 0 Å². The fourth-order valence-corrected chi connectivity index (χ4v) is 3.90. The fraction of sp³-hybridized carbons (Fsp3) is 0.143. The topological polar surface area (TPSA) is 104 Å². The average Bonchev–Trinajstić information content (AvgIpc) is 2.74. The Hall–Kier alpha value is -3.59. The number of nitrogens with zero attached hydrogens (tertiary/aromatic N) is 4. The van der Waals surface area contributed by atoms with Crippen LogP contribution >= 0.6 is 0 Å². The first-order valence-corrected chi connectivity index (χ1v) is 11.1. The molecule has 30 heavy (non-hydrogen) atoms. The first-order valence-electron chi connectivity index (χ1n) is 9.17. The maximum Gasteiger partial charge on any atom is 0.337 e. The van der Waals surface area contributed by atoms with Gasteiger partial charge in [0.05, 0.1) is 16.0 Å². The second-order valence-corrected chi connectivity index (χ2v) is 8.81. The summed E-state index contributed by atoms with van der Waals surface area (Å²) in [5.74, 6) is 0. The van der Waals surface area contributed by atoms with Gasteiger partial charge in [-0.15, -0.1) is 0 Å². The number of hydrogen-bond acceptors (Lipinski definition) is 6. The predicted octanol–water partition coefficient (Wildman–Crippen LogP) is 1.59. The fourth-order valence-electron chi connectivity index (χ4n) is 3.24. The van der Waals surface area contributed by atoms with Gasteiger partial charge in [0, 0.05) is 37.3 Å². The molecule has 0 bridgehead atoms. The number of pyridine rings is 2. The Labute approximate surface area is 172 Å². The number of hydrogen-bond donors (Lipinski definition) is 0. The molecule has 0 unspecified atom stereocenters. The predicted molar refractivity (Wildman–Crippen MR) is 113 cm³/mol. The van der Waals surface area contributed by atoms with Gasteiger partial charge in [-0.25, -0.2) is 22.8 Å². The van der Waals surface area contributed by atoms with Crippen molar-refractivity contribution in [2.24, 2.45) is 0 Å². The maximum atomic E-state index is 13.3. The lowest BCUT2D eigenvalue weighted by atomic mass is 10.2. The molecular formula is C21H18N4O4S. The van der Waals surface area contributed by atoms with Crippen LogP contribution in [0.5, 0.6) is 0 Å². The van der Waals surface area contributed by atoms with Gasteiger partial charge in [-0.05, 0) is 42.5 Å². The Morgan fingerprint density at radius 1 is 0.933 bits per heavy atom. The lowest BCUT2D eigenvalue weighted by Crippen LogP contribution is -2.40. The molecule has 3 heterocycles. The third-order valence-corrected chi connectivity index (χ3v) is 5.83. The number of benzene rings is 1. The summed E-state index contributed by atoms with van der Waals surface area (Å²) < 4.78 is 26.4. The molecule has 152 valence electrons. The molecule has 0 amide bonds. The van der Waals surface area contributed by atoms with Crippen LogP contribution in [0.25, 0.3) is 16.7 Å². The van der Waals surface area contributed by atoms with Crippen LogP contribution in [0.15, 0.2) is 81.5 Å². The average molecular weight is 422 g/mol. The number of sulfone groups is 1. The van der Waals surface area contributed by atoms with E-state index in [1.807, 2.05) is 12.1 Å². The maximum absolute atomic E-state index is 13.3. The molecule has 0 radical (unpaired) electrons. The molecule has 8 nitrogen and oxygen atoms in total. The third-order valence-electron chi connectivity index (χ3n) is 4.72. The largest absolute Gasteiger partial charge is 0.337 e. The zero-order valence-corrected chi connectivity index (χ0v) is 16.9. The lowest BCUT2D eigenvalue weighted by Gasteiger charge is -2.14. The summed E-state index contributed by atoms with van der Waals surface area (Å²) >= 11 is 0. The van der Waals surface area contributed by atoms with Crippen molar-refractivity contribution in [1.29, 1.82) is 0 Å². The summed E-state index contributed by atoms with van der Waals surface area (Å²) in [6.07, 6.45) is 4.62. The summed E-state index contributed by atoms with van der Waals surface area (Å²) in [7, 11) is -3.48. The molecule has 0 saturated heterocycles. The highest BCUT2D eigenvalue weighted by molar-refractivity contribution is 7.90. The van der Waals surface area contributed by atoms with Gasteiger partial charge in [-0.3, -0.25) is 14.3 Å². The van der Waals surface area contributed by atoms with Crippen LogP contribution in [-0.4, -0.2) is 33.8 Å². The summed E-state index contributed by atoms with van der Waals surface area (Å²) in [5.41, 5.74) is 0.202. The van der Waals surface area contributed by atoms with E-state index < -0.39 is 21.1 Å². The van der Waals surface area contributed by atoms with Crippen molar-refractivity contribution in [3.63, 3.8) is 0 Å². The quantitative estimate of drug-likeness (QED) is 0.484. The summed E-state index contributed by atoms with van der Waals surface area (Å²) in [6, 6.07) is 14.7. The van der Waals surface area contributed by atoms with E-state index in [0.29, 0.717) is 12.1 Å². The number of aromatic nitrogens is 4. The van der Waals surface area contributed by atoms with E-state index in [9.17, 15) is 18.0 Å². The first kappa shape index (κ1) is 19.7. The molecule has 0 aliphatic heterocycles. The van der Waals surface area contributed by atoms with Crippen LogP contribution in [0.2, 0.25) is 0 Å². The van der Waals surface area contributed by atoms with Gasteiger partial charge in [0.15, 0.2) is 15.5 Å². The van der Waals surface area contributed by atoms with E-state index in [4.69, 9.17) is 0 Å². The molecule has 4 aromatic rings. The highest BCUT2D eigenvalue weighted by Crippen LogP contribution is 2.16. The minimum atomic E-state index is -3.48. The van der Waals surface area contributed by atoms with Crippen molar-refractivity contribution < 1.29 is 8.42 Å². The van der Waals surface area contributed by atoms with Crippen LogP contribution in [0.3, 0.4) is 0 Å². The van der Waals surface area contributed by atoms with Crippen molar-refractivity contribution in [2.45, 2.75) is 17.9 Å². The molecule has 0 aliphatic rings. The molecule has 1 aromatic carbocycles. The highest BCUT2D eigenvalue weighted by atomic mass is 32.2. The van der Waals surface area contributed by atoms with Gasteiger partial charge in [-0.1, -0.05) is 12.1 Å². The Bertz CT molecular complexity index is 1460. The Balaban J connectivity index is 1.94. The molecule has 0 aliphatic carbocycles. The third kappa shape index (κ3) is 3.67. The molecule has 0 N–H and O–H groups in total. The van der Waals surface area contributed by atoms with Crippen LogP contribution in [0.1, 0.15) is 5.69 Å². The molecule has 0 fully saturated rings. The summed E-state index contributed by atoms with van der Waals surface area (Å²) in [6.45, 7) is 0.130. The van der Waals surface area contributed by atoms with Crippen molar-refractivity contribution in [2.75, 3.05) is 6.26 Å². The van der Waals surface area contributed by atoms with E-state index in [0.717, 1.165) is 16.5 Å². The Morgan fingerprint density at radius 2 is 1.73 bits per heavy atom. The molecule has 3 aromatic heterocycles. The molecule has 0 atom stereocenters. The molecular weight excluding hydrogens is 404 g/mol. The van der Waals surface area contributed by atoms with Crippen molar-refractivity contribution in [3.05, 3.63) is 93.5 Å². The summed E-state index contributed by atoms with van der Waals surface area (Å²) in [4.78, 5) is 34.8. The normalized spacial score (nSPS) is 11.6.